The summed E-state index contributed by atoms with van der Waals surface area (Å²) in [5.74, 6) is -2.04. The quantitative estimate of drug-likeness (QED) is 0.591. The zero-order chi connectivity index (χ0) is 19.4. The van der Waals surface area contributed by atoms with Crippen LogP contribution in [0.2, 0.25) is 0 Å². The van der Waals surface area contributed by atoms with Crippen LogP contribution in [0.4, 0.5) is 14.5 Å². The van der Waals surface area contributed by atoms with Crippen molar-refractivity contribution < 1.29 is 23.1 Å². The molecule has 0 spiro atoms. The third kappa shape index (κ3) is 4.40. The van der Waals surface area contributed by atoms with Gasteiger partial charge >= 0.3 is 5.97 Å². The van der Waals surface area contributed by atoms with Gasteiger partial charge in [-0.15, -0.1) is 0 Å². The molecule has 2 aromatic rings. The number of hydrogen-bond acceptors (Lipinski definition) is 5. The van der Waals surface area contributed by atoms with E-state index < -0.39 is 23.5 Å². The van der Waals surface area contributed by atoms with Gasteiger partial charge in [-0.05, 0) is 42.1 Å². The molecular weight excluding hydrogens is 374 g/mol. The molecule has 3 rings (SSSR count). The molecule has 5 nitrogen and oxygen atoms in total. The molecule has 8 heteroatoms. The van der Waals surface area contributed by atoms with E-state index in [4.69, 9.17) is 0 Å². The number of methoxy groups -OCH3 is 1. The van der Waals surface area contributed by atoms with Gasteiger partial charge in [0.15, 0.2) is 5.17 Å². The van der Waals surface area contributed by atoms with Gasteiger partial charge in [0.25, 0.3) is 5.91 Å². The van der Waals surface area contributed by atoms with E-state index in [0.29, 0.717) is 11.3 Å². The van der Waals surface area contributed by atoms with Gasteiger partial charge < -0.3 is 4.74 Å². The first-order valence-electron chi connectivity index (χ1n) is 7.85. The predicted molar refractivity (Wildman–Crippen MR) is 98.1 cm³/mol. The van der Waals surface area contributed by atoms with Crippen LogP contribution in [-0.2, 0) is 20.9 Å². The predicted octanol–water partition coefficient (Wildman–Crippen LogP) is 3.78. The van der Waals surface area contributed by atoms with Crippen LogP contribution >= 0.6 is 11.8 Å². The molecule has 138 valence electrons. The molecule has 1 fully saturated rings. The third-order valence-electron chi connectivity index (χ3n) is 3.68. The summed E-state index contributed by atoms with van der Waals surface area (Å²) in [7, 11) is 1.20. The van der Waals surface area contributed by atoms with E-state index >= 15 is 0 Å². The van der Waals surface area contributed by atoms with Crippen molar-refractivity contribution in [2.24, 2.45) is 4.99 Å². The lowest BCUT2D eigenvalue weighted by atomic mass is 10.2. The van der Waals surface area contributed by atoms with Crippen LogP contribution in [0.25, 0.3) is 0 Å². The number of benzene rings is 2. The van der Waals surface area contributed by atoms with Gasteiger partial charge in [0, 0.05) is 11.6 Å². The van der Waals surface area contributed by atoms with Crippen molar-refractivity contribution in [1.82, 2.24) is 4.90 Å². The van der Waals surface area contributed by atoms with Crippen LogP contribution in [-0.4, -0.2) is 29.1 Å². The Morgan fingerprint density at radius 1 is 1.19 bits per heavy atom. The van der Waals surface area contributed by atoms with Gasteiger partial charge in [0.1, 0.15) is 11.6 Å². The second-order valence-electron chi connectivity index (χ2n) is 5.49. The highest BCUT2D eigenvalue weighted by atomic mass is 32.2. The number of rotatable bonds is 4. The Balaban J connectivity index is 1.98. The molecule has 0 atom stereocenters. The number of amides is 1. The fourth-order valence-corrected chi connectivity index (χ4v) is 3.28. The Morgan fingerprint density at radius 3 is 2.56 bits per heavy atom. The average molecular weight is 388 g/mol. The van der Waals surface area contributed by atoms with E-state index in [9.17, 15) is 18.4 Å². The highest BCUT2D eigenvalue weighted by Crippen LogP contribution is 2.34. The number of esters is 1. The van der Waals surface area contributed by atoms with E-state index in [2.05, 4.69) is 9.73 Å². The summed E-state index contributed by atoms with van der Waals surface area (Å²) >= 11 is 0.965. The lowest BCUT2D eigenvalue weighted by Gasteiger charge is -2.16. The molecule has 0 aliphatic carbocycles. The standard InChI is InChI=1S/C19H14F2N2O3S/c1-26-17(24)10-16-18(25)23(11-12-4-2-3-5-15(12)21)19(27-16)22-14-8-6-13(20)7-9-14/h2-10H,11H2,1H3/b16-10+,22-19?. The lowest BCUT2D eigenvalue weighted by Crippen LogP contribution is -2.29. The number of hydrogen-bond donors (Lipinski definition) is 0. The maximum atomic E-state index is 14.0. The molecule has 0 aromatic heterocycles. The molecule has 0 N–H and O–H groups in total. The monoisotopic (exact) mass is 388 g/mol. The molecule has 0 unspecified atom stereocenters. The molecule has 27 heavy (non-hydrogen) atoms. The zero-order valence-electron chi connectivity index (χ0n) is 14.2. The van der Waals surface area contributed by atoms with Crippen molar-refractivity contribution in [1.29, 1.82) is 0 Å². The van der Waals surface area contributed by atoms with Crippen LogP contribution in [0.5, 0.6) is 0 Å². The summed E-state index contributed by atoms with van der Waals surface area (Å²) < 4.78 is 31.7. The number of thioether (sulfide) groups is 1. The Labute approximate surface area is 158 Å². The molecule has 0 bridgehead atoms. The number of carbonyl (C=O) groups is 2. The van der Waals surface area contributed by atoms with Crippen molar-refractivity contribution in [3.8, 4) is 0 Å². The van der Waals surface area contributed by atoms with Gasteiger partial charge in [0.05, 0.1) is 24.2 Å². The minimum Gasteiger partial charge on any atom is -0.466 e. The minimum atomic E-state index is -0.681. The second kappa shape index (κ2) is 8.13. The van der Waals surface area contributed by atoms with Crippen LogP contribution in [0.1, 0.15) is 5.56 Å². The fourth-order valence-electron chi connectivity index (χ4n) is 2.32. The Bertz CT molecular complexity index is 942. The number of amidine groups is 1. The zero-order valence-corrected chi connectivity index (χ0v) is 15.0. The van der Waals surface area contributed by atoms with Crippen molar-refractivity contribution in [3.05, 3.63) is 76.7 Å². The number of halogens is 2. The van der Waals surface area contributed by atoms with Gasteiger partial charge in [-0.2, -0.15) is 0 Å². The van der Waals surface area contributed by atoms with Crippen LogP contribution in [0.15, 0.2) is 64.5 Å². The van der Waals surface area contributed by atoms with E-state index in [-0.39, 0.29) is 16.6 Å². The molecule has 0 saturated carbocycles. The number of ether oxygens (including phenoxy) is 1. The SMILES string of the molecule is COC(=O)/C=C1/SC(=Nc2ccc(F)cc2)N(Cc2ccccc2F)C1=O. The molecule has 1 heterocycles. The van der Waals surface area contributed by atoms with Crippen LogP contribution < -0.4 is 0 Å². The number of nitrogens with zero attached hydrogens (tertiary/aromatic N) is 2. The summed E-state index contributed by atoms with van der Waals surface area (Å²) in [6, 6.07) is 11.5. The smallest absolute Gasteiger partial charge is 0.331 e. The molecule has 1 amide bonds. The van der Waals surface area contributed by atoms with E-state index in [1.54, 1.807) is 18.2 Å². The summed E-state index contributed by atoms with van der Waals surface area (Å²) in [4.78, 5) is 29.9. The van der Waals surface area contributed by atoms with Crippen LogP contribution in [0, 0.1) is 11.6 Å². The Morgan fingerprint density at radius 2 is 1.89 bits per heavy atom. The van der Waals surface area contributed by atoms with Crippen molar-refractivity contribution >= 4 is 34.5 Å². The first-order chi connectivity index (χ1) is 13.0. The maximum absolute atomic E-state index is 14.0. The van der Waals surface area contributed by atoms with E-state index in [1.807, 2.05) is 0 Å². The summed E-state index contributed by atoms with van der Waals surface area (Å²) in [5, 5.41) is 0.255. The number of carbonyl (C=O) groups excluding carboxylic acids is 2. The topological polar surface area (TPSA) is 59.0 Å². The van der Waals surface area contributed by atoms with Crippen molar-refractivity contribution in [2.75, 3.05) is 7.11 Å². The Kier molecular flexibility index (Phi) is 5.66. The van der Waals surface area contributed by atoms with Gasteiger partial charge in [-0.25, -0.2) is 18.6 Å². The van der Waals surface area contributed by atoms with Crippen LogP contribution in [0.3, 0.4) is 0 Å². The van der Waals surface area contributed by atoms with Crippen molar-refractivity contribution in [2.45, 2.75) is 6.54 Å². The van der Waals surface area contributed by atoms with Crippen molar-refractivity contribution in [3.63, 3.8) is 0 Å². The highest BCUT2D eigenvalue weighted by Gasteiger charge is 2.34. The molecule has 1 saturated heterocycles. The molecule has 1 aliphatic rings. The molecule has 1 aliphatic heterocycles. The van der Waals surface area contributed by atoms with E-state index in [1.165, 1.54) is 42.3 Å². The van der Waals surface area contributed by atoms with E-state index in [0.717, 1.165) is 17.8 Å². The Hall–Kier alpha value is -3.00. The number of aliphatic imine (C=N–C) groups is 1. The maximum Gasteiger partial charge on any atom is 0.331 e. The summed E-state index contributed by atoms with van der Waals surface area (Å²) in [6.45, 7) is -0.0585. The second-order valence-corrected chi connectivity index (χ2v) is 6.50. The largest absolute Gasteiger partial charge is 0.466 e. The normalized spacial score (nSPS) is 17.0. The fraction of sp³-hybridized carbons (Fsp3) is 0.105. The summed E-state index contributed by atoms with van der Waals surface area (Å²) in [5.41, 5.74) is 0.724. The average Bonchev–Trinajstić information content (AvgIpc) is 2.94. The molecular formula is C19H14F2N2O3S. The molecule has 0 radical (unpaired) electrons. The highest BCUT2D eigenvalue weighted by molar-refractivity contribution is 8.18. The lowest BCUT2D eigenvalue weighted by molar-refractivity contribution is -0.135. The first kappa shape index (κ1) is 18.8. The third-order valence-corrected chi connectivity index (χ3v) is 4.68. The summed E-state index contributed by atoms with van der Waals surface area (Å²) in [6.07, 6.45) is 1.06. The van der Waals surface area contributed by atoms with Gasteiger partial charge in [-0.1, -0.05) is 18.2 Å². The molecule has 2 aromatic carbocycles. The van der Waals surface area contributed by atoms with Gasteiger partial charge in [0.2, 0.25) is 0 Å². The minimum absolute atomic E-state index is 0.0585. The first-order valence-corrected chi connectivity index (χ1v) is 8.66. The van der Waals surface area contributed by atoms with Gasteiger partial charge in [-0.3, -0.25) is 9.69 Å².